The van der Waals surface area contributed by atoms with Crippen LogP contribution in [0.4, 0.5) is 11.4 Å². The van der Waals surface area contributed by atoms with Crippen molar-refractivity contribution in [1.29, 1.82) is 0 Å². The Morgan fingerprint density at radius 1 is 1.25 bits per heavy atom. The Morgan fingerprint density at radius 2 is 2.00 bits per heavy atom. The number of fused-ring (bicyclic) bond motifs is 1. The lowest BCUT2D eigenvalue weighted by molar-refractivity contribution is -0.118. The maximum atomic E-state index is 11.9. The minimum Gasteiger partial charge on any atom is -0.398 e. The van der Waals surface area contributed by atoms with Gasteiger partial charge in [-0.25, -0.2) is 0 Å². The summed E-state index contributed by atoms with van der Waals surface area (Å²) in [6, 6.07) is 5.05. The maximum absolute atomic E-state index is 11.9. The highest BCUT2D eigenvalue weighted by Gasteiger charge is 2.53. The minimum absolute atomic E-state index is 0.148. The summed E-state index contributed by atoms with van der Waals surface area (Å²) in [6.45, 7) is 0. The van der Waals surface area contributed by atoms with Gasteiger partial charge in [-0.15, -0.1) is 0 Å². The fraction of sp³-hybridized carbons (Fsp3) is 0.273. The molecule has 2 amide bonds. The lowest BCUT2D eigenvalue weighted by Gasteiger charge is -2.11. The lowest BCUT2D eigenvalue weighted by Crippen LogP contribution is -2.43. The van der Waals surface area contributed by atoms with Crippen molar-refractivity contribution in [2.45, 2.75) is 18.4 Å². The summed E-state index contributed by atoms with van der Waals surface area (Å²) < 4.78 is 0. The first kappa shape index (κ1) is 9.21. The summed E-state index contributed by atoms with van der Waals surface area (Å²) >= 11 is 0. The van der Waals surface area contributed by atoms with Gasteiger partial charge in [0, 0.05) is 5.69 Å². The highest BCUT2D eigenvalue weighted by Crippen LogP contribution is 2.39. The predicted octanol–water partition coefficient (Wildman–Crippen LogP) is 0.483. The highest BCUT2D eigenvalue weighted by atomic mass is 16.2. The normalized spacial score (nSPS) is 20.8. The number of nitrogen functional groups attached to an aromatic ring is 1. The zero-order valence-electron chi connectivity index (χ0n) is 8.54. The van der Waals surface area contributed by atoms with E-state index in [1.54, 1.807) is 18.2 Å². The van der Waals surface area contributed by atoms with Crippen LogP contribution in [0.5, 0.6) is 0 Å². The molecule has 1 spiro atoms. The van der Waals surface area contributed by atoms with Crippen molar-refractivity contribution in [2.24, 2.45) is 0 Å². The largest absolute Gasteiger partial charge is 0.398 e. The molecular weight excluding hydrogens is 206 g/mol. The average Bonchev–Trinajstić information content (AvgIpc) is 2.98. The molecule has 1 saturated carbocycles. The highest BCUT2D eigenvalue weighted by molar-refractivity contribution is 6.15. The number of nitrogens with two attached hydrogens (primary N) is 1. The molecule has 0 saturated heterocycles. The number of amides is 2. The molecule has 16 heavy (non-hydrogen) atoms. The first-order chi connectivity index (χ1) is 7.62. The van der Waals surface area contributed by atoms with Crippen LogP contribution in [0.3, 0.4) is 0 Å². The molecule has 1 aliphatic carbocycles. The van der Waals surface area contributed by atoms with Gasteiger partial charge in [0.25, 0.3) is 5.91 Å². The summed E-state index contributed by atoms with van der Waals surface area (Å²) in [5.41, 5.74) is 6.29. The van der Waals surface area contributed by atoms with Gasteiger partial charge in [-0.05, 0) is 25.0 Å². The van der Waals surface area contributed by atoms with E-state index >= 15 is 0 Å². The number of anilines is 2. The zero-order chi connectivity index (χ0) is 11.3. The number of rotatable bonds is 0. The third-order valence-corrected chi connectivity index (χ3v) is 3.11. The molecular formula is C11H11N3O2. The molecule has 82 valence electrons. The van der Waals surface area contributed by atoms with Crippen LogP contribution in [0.25, 0.3) is 0 Å². The van der Waals surface area contributed by atoms with E-state index in [9.17, 15) is 9.59 Å². The number of hydrogen-bond acceptors (Lipinski definition) is 3. The molecule has 0 bridgehead atoms. The van der Waals surface area contributed by atoms with Crippen molar-refractivity contribution in [1.82, 2.24) is 5.32 Å². The van der Waals surface area contributed by atoms with Crippen LogP contribution >= 0.6 is 0 Å². The topological polar surface area (TPSA) is 84.2 Å². The monoisotopic (exact) mass is 217 g/mol. The van der Waals surface area contributed by atoms with Gasteiger partial charge in [0.1, 0.15) is 5.54 Å². The molecule has 0 atom stereocenters. The third-order valence-electron chi connectivity index (χ3n) is 3.11. The van der Waals surface area contributed by atoms with E-state index < -0.39 is 5.54 Å². The fourth-order valence-electron chi connectivity index (χ4n) is 1.98. The van der Waals surface area contributed by atoms with Crippen LogP contribution in [0, 0.1) is 0 Å². The molecule has 1 aliphatic heterocycles. The van der Waals surface area contributed by atoms with Crippen molar-refractivity contribution in [3.05, 3.63) is 23.8 Å². The van der Waals surface area contributed by atoms with E-state index in [0.717, 1.165) is 0 Å². The molecule has 3 rings (SSSR count). The Hall–Kier alpha value is -2.04. The quantitative estimate of drug-likeness (QED) is 0.553. The van der Waals surface area contributed by atoms with Crippen LogP contribution in [-0.2, 0) is 4.79 Å². The second kappa shape index (κ2) is 2.75. The van der Waals surface area contributed by atoms with E-state index in [4.69, 9.17) is 5.73 Å². The summed E-state index contributed by atoms with van der Waals surface area (Å²) in [5, 5.41) is 5.49. The SMILES string of the molecule is Nc1cccc2c1C(=O)NC1(CC1)C(=O)N2. The van der Waals surface area contributed by atoms with Crippen molar-refractivity contribution in [3.63, 3.8) is 0 Å². The molecule has 0 radical (unpaired) electrons. The van der Waals surface area contributed by atoms with Gasteiger partial charge in [-0.2, -0.15) is 0 Å². The molecule has 5 heteroatoms. The van der Waals surface area contributed by atoms with Crippen LogP contribution < -0.4 is 16.4 Å². The average molecular weight is 217 g/mol. The minimum atomic E-state index is -0.692. The van der Waals surface area contributed by atoms with Gasteiger partial charge in [-0.1, -0.05) is 6.07 Å². The summed E-state index contributed by atoms with van der Waals surface area (Å²) in [4.78, 5) is 23.8. The Balaban J connectivity index is 2.14. The number of carbonyl (C=O) groups excluding carboxylic acids is 2. The Morgan fingerprint density at radius 3 is 2.69 bits per heavy atom. The molecule has 1 fully saturated rings. The molecule has 1 aromatic carbocycles. The maximum Gasteiger partial charge on any atom is 0.256 e. The Kier molecular flexibility index (Phi) is 1.58. The van der Waals surface area contributed by atoms with Crippen LogP contribution in [0.1, 0.15) is 23.2 Å². The lowest BCUT2D eigenvalue weighted by atomic mass is 10.1. The standard InChI is InChI=1S/C11H11N3O2/c12-6-2-1-3-7-8(6)9(15)14-11(4-5-11)10(16)13-7/h1-3H,4-5,12H2,(H,13,16)(H,14,15). The van der Waals surface area contributed by atoms with Crippen LogP contribution in [-0.4, -0.2) is 17.4 Å². The van der Waals surface area contributed by atoms with Crippen molar-refractivity contribution < 1.29 is 9.59 Å². The van der Waals surface area contributed by atoms with E-state index in [1.807, 2.05) is 0 Å². The molecule has 0 aromatic heterocycles. The van der Waals surface area contributed by atoms with Gasteiger partial charge in [0.05, 0.1) is 11.3 Å². The van der Waals surface area contributed by atoms with Gasteiger partial charge < -0.3 is 16.4 Å². The predicted molar refractivity (Wildman–Crippen MR) is 58.9 cm³/mol. The van der Waals surface area contributed by atoms with Gasteiger partial charge in [0.15, 0.2) is 0 Å². The molecule has 4 N–H and O–H groups in total. The summed E-state index contributed by atoms with van der Waals surface area (Å²) in [5.74, 6) is -0.422. The zero-order valence-corrected chi connectivity index (χ0v) is 8.54. The van der Waals surface area contributed by atoms with E-state index in [0.29, 0.717) is 29.8 Å². The third kappa shape index (κ3) is 1.11. The van der Waals surface area contributed by atoms with E-state index in [-0.39, 0.29) is 11.8 Å². The number of benzene rings is 1. The molecule has 5 nitrogen and oxygen atoms in total. The van der Waals surface area contributed by atoms with Crippen molar-refractivity contribution in [2.75, 3.05) is 11.1 Å². The second-order valence-electron chi connectivity index (χ2n) is 4.26. The molecule has 1 aromatic rings. The molecule has 2 aliphatic rings. The number of nitrogens with one attached hydrogen (secondary N) is 2. The fourth-order valence-corrected chi connectivity index (χ4v) is 1.98. The second-order valence-corrected chi connectivity index (χ2v) is 4.26. The van der Waals surface area contributed by atoms with Crippen molar-refractivity contribution in [3.8, 4) is 0 Å². The summed E-state index contributed by atoms with van der Waals surface area (Å²) in [7, 11) is 0. The smallest absolute Gasteiger partial charge is 0.256 e. The van der Waals surface area contributed by atoms with Crippen molar-refractivity contribution >= 4 is 23.2 Å². The van der Waals surface area contributed by atoms with Gasteiger partial charge in [-0.3, -0.25) is 9.59 Å². The number of hydrogen-bond donors (Lipinski definition) is 3. The number of carbonyl (C=O) groups is 2. The first-order valence-corrected chi connectivity index (χ1v) is 5.15. The Labute approximate surface area is 92.0 Å². The van der Waals surface area contributed by atoms with E-state index in [2.05, 4.69) is 10.6 Å². The van der Waals surface area contributed by atoms with Crippen LogP contribution in [0.15, 0.2) is 18.2 Å². The molecule has 0 unspecified atom stereocenters. The van der Waals surface area contributed by atoms with E-state index in [1.165, 1.54) is 0 Å². The van der Waals surface area contributed by atoms with Gasteiger partial charge >= 0.3 is 0 Å². The first-order valence-electron chi connectivity index (χ1n) is 5.15. The van der Waals surface area contributed by atoms with Crippen LogP contribution in [0.2, 0.25) is 0 Å². The Bertz CT molecular complexity index is 506. The van der Waals surface area contributed by atoms with Gasteiger partial charge in [0.2, 0.25) is 5.91 Å². The summed E-state index contributed by atoms with van der Waals surface area (Å²) in [6.07, 6.45) is 1.39. The molecule has 1 heterocycles.